The number of nitrogens with one attached hydrogen (secondary N) is 1. The van der Waals surface area contributed by atoms with Crippen molar-refractivity contribution in [2.24, 2.45) is 5.92 Å². The molecular formula is C16H21FN2O2. The van der Waals surface area contributed by atoms with Gasteiger partial charge < -0.3 is 10.2 Å². The number of hydrogen-bond donors (Lipinski definition) is 1. The van der Waals surface area contributed by atoms with E-state index >= 15 is 0 Å². The number of halogens is 1. The van der Waals surface area contributed by atoms with Gasteiger partial charge in [-0.25, -0.2) is 4.39 Å². The summed E-state index contributed by atoms with van der Waals surface area (Å²) in [6.07, 6.45) is 1.84. The van der Waals surface area contributed by atoms with Gasteiger partial charge in [0.25, 0.3) is 0 Å². The van der Waals surface area contributed by atoms with Crippen LogP contribution in [0, 0.1) is 11.7 Å². The fourth-order valence-corrected chi connectivity index (χ4v) is 2.68. The average Bonchev–Trinajstić information content (AvgIpc) is 2.81. The third kappa shape index (κ3) is 3.60. The summed E-state index contributed by atoms with van der Waals surface area (Å²) in [5, 5.41) is 2.93. The monoisotopic (exact) mass is 292 g/mol. The molecule has 1 N–H and O–H groups in total. The second-order valence-corrected chi connectivity index (χ2v) is 5.41. The lowest BCUT2D eigenvalue weighted by molar-refractivity contribution is -0.125. The van der Waals surface area contributed by atoms with Crippen molar-refractivity contribution in [3.8, 4) is 0 Å². The van der Waals surface area contributed by atoms with E-state index in [2.05, 4.69) is 5.32 Å². The van der Waals surface area contributed by atoms with E-state index < -0.39 is 0 Å². The predicted molar refractivity (Wildman–Crippen MR) is 79.4 cm³/mol. The van der Waals surface area contributed by atoms with Crippen LogP contribution in [0.2, 0.25) is 0 Å². The molecule has 0 radical (unpaired) electrons. The van der Waals surface area contributed by atoms with Crippen molar-refractivity contribution in [2.45, 2.75) is 39.2 Å². The Morgan fingerprint density at radius 3 is 2.76 bits per heavy atom. The summed E-state index contributed by atoms with van der Waals surface area (Å²) in [5.41, 5.74) is 0.541. The Labute approximate surface area is 124 Å². The average molecular weight is 292 g/mol. The summed E-state index contributed by atoms with van der Waals surface area (Å²) in [5.74, 6) is -0.470. The van der Waals surface area contributed by atoms with Gasteiger partial charge in [-0.1, -0.05) is 19.9 Å². The van der Waals surface area contributed by atoms with Crippen LogP contribution in [0.15, 0.2) is 24.3 Å². The topological polar surface area (TPSA) is 49.4 Å². The van der Waals surface area contributed by atoms with Crippen molar-refractivity contribution in [3.63, 3.8) is 0 Å². The summed E-state index contributed by atoms with van der Waals surface area (Å²) >= 11 is 0. The summed E-state index contributed by atoms with van der Waals surface area (Å²) in [6, 6.07) is 5.76. The lowest BCUT2D eigenvalue weighted by Crippen LogP contribution is -2.40. The van der Waals surface area contributed by atoms with E-state index in [9.17, 15) is 14.0 Å². The highest BCUT2D eigenvalue weighted by atomic mass is 19.1. The van der Waals surface area contributed by atoms with Gasteiger partial charge in [0.2, 0.25) is 11.8 Å². The Kier molecular flexibility index (Phi) is 4.94. The Morgan fingerprint density at radius 1 is 1.43 bits per heavy atom. The molecule has 1 aliphatic rings. The highest BCUT2D eigenvalue weighted by Crippen LogP contribution is 2.22. The van der Waals surface area contributed by atoms with Crippen molar-refractivity contribution in [1.29, 1.82) is 0 Å². The van der Waals surface area contributed by atoms with E-state index in [4.69, 9.17) is 0 Å². The van der Waals surface area contributed by atoms with E-state index in [1.54, 1.807) is 12.1 Å². The first kappa shape index (κ1) is 15.5. The number of anilines is 1. The van der Waals surface area contributed by atoms with E-state index in [1.807, 2.05) is 13.8 Å². The number of carbonyl (C=O) groups excluding carboxylic acids is 2. The van der Waals surface area contributed by atoms with Crippen LogP contribution in [0.1, 0.15) is 33.1 Å². The third-order valence-corrected chi connectivity index (χ3v) is 3.95. The van der Waals surface area contributed by atoms with Gasteiger partial charge in [0.1, 0.15) is 5.82 Å². The van der Waals surface area contributed by atoms with Crippen molar-refractivity contribution >= 4 is 17.5 Å². The summed E-state index contributed by atoms with van der Waals surface area (Å²) < 4.78 is 13.2. The smallest absolute Gasteiger partial charge is 0.229 e. The van der Waals surface area contributed by atoms with Gasteiger partial charge >= 0.3 is 0 Å². The number of hydrogen-bond acceptors (Lipinski definition) is 2. The molecule has 5 heteroatoms. The van der Waals surface area contributed by atoms with Crippen LogP contribution in [-0.2, 0) is 9.59 Å². The van der Waals surface area contributed by atoms with Gasteiger partial charge in [-0.2, -0.15) is 0 Å². The fraction of sp³-hybridized carbons (Fsp3) is 0.500. The number of benzene rings is 1. The van der Waals surface area contributed by atoms with Gasteiger partial charge in [0.15, 0.2) is 0 Å². The van der Waals surface area contributed by atoms with Crippen molar-refractivity contribution in [3.05, 3.63) is 30.1 Å². The number of nitrogens with zero attached hydrogens (tertiary/aromatic N) is 1. The van der Waals surface area contributed by atoms with Crippen molar-refractivity contribution < 1.29 is 14.0 Å². The molecule has 0 aromatic heterocycles. The Morgan fingerprint density at radius 2 is 2.14 bits per heavy atom. The second kappa shape index (κ2) is 6.70. The van der Waals surface area contributed by atoms with Gasteiger partial charge in [-0.05, 0) is 31.0 Å². The van der Waals surface area contributed by atoms with E-state index in [0.717, 1.165) is 12.8 Å². The van der Waals surface area contributed by atoms with Gasteiger partial charge in [-0.3, -0.25) is 9.59 Å². The lowest BCUT2D eigenvalue weighted by Gasteiger charge is -2.19. The molecule has 1 aromatic rings. The quantitative estimate of drug-likeness (QED) is 0.906. The van der Waals surface area contributed by atoms with Crippen molar-refractivity contribution in [1.82, 2.24) is 5.32 Å². The summed E-state index contributed by atoms with van der Waals surface area (Å²) in [4.78, 5) is 25.6. The minimum absolute atomic E-state index is 0.00103. The first-order valence-corrected chi connectivity index (χ1v) is 7.41. The zero-order valence-electron chi connectivity index (χ0n) is 12.4. The Balaban J connectivity index is 2.01. The standard InChI is InChI=1S/C16H21FN2O2/c1-3-11(4-2)16(21)18-13-9-15(20)19(10-13)14-7-5-6-12(17)8-14/h5-8,11,13H,3-4,9-10H2,1-2H3,(H,18,21)/t13-/m1/s1. The first-order valence-electron chi connectivity index (χ1n) is 7.41. The molecule has 21 heavy (non-hydrogen) atoms. The molecule has 1 aromatic carbocycles. The highest BCUT2D eigenvalue weighted by molar-refractivity contribution is 5.96. The molecule has 114 valence electrons. The molecule has 0 unspecified atom stereocenters. The molecule has 0 spiro atoms. The summed E-state index contributed by atoms with van der Waals surface area (Å²) in [6.45, 7) is 4.35. The molecule has 0 aliphatic carbocycles. The minimum atomic E-state index is -0.371. The molecule has 4 nitrogen and oxygen atoms in total. The van der Waals surface area contributed by atoms with E-state index in [-0.39, 0.29) is 36.0 Å². The predicted octanol–water partition coefficient (Wildman–Crippen LogP) is 2.48. The molecule has 1 fully saturated rings. The summed E-state index contributed by atoms with van der Waals surface area (Å²) in [7, 11) is 0. The third-order valence-electron chi connectivity index (χ3n) is 3.95. The SMILES string of the molecule is CCC(CC)C(=O)N[C@@H]1CC(=O)N(c2cccc(F)c2)C1. The van der Waals surface area contributed by atoms with Crippen LogP contribution in [-0.4, -0.2) is 24.4 Å². The van der Waals surface area contributed by atoms with Gasteiger partial charge in [0.05, 0.1) is 6.04 Å². The Hall–Kier alpha value is -1.91. The van der Waals surface area contributed by atoms with Crippen LogP contribution >= 0.6 is 0 Å². The van der Waals surface area contributed by atoms with E-state index in [0.29, 0.717) is 12.2 Å². The fourth-order valence-electron chi connectivity index (χ4n) is 2.68. The molecule has 1 heterocycles. The molecular weight excluding hydrogens is 271 g/mol. The molecule has 1 atom stereocenters. The maximum absolute atomic E-state index is 13.2. The lowest BCUT2D eigenvalue weighted by atomic mass is 10.0. The number of amides is 2. The normalized spacial score (nSPS) is 18.4. The Bertz CT molecular complexity index is 529. The van der Waals surface area contributed by atoms with Gasteiger partial charge in [-0.15, -0.1) is 0 Å². The number of carbonyl (C=O) groups is 2. The molecule has 0 saturated carbocycles. The van der Waals surface area contributed by atoms with Crippen LogP contribution in [0.3, 0.4) is 0 Å². The van der Waals surface area contributed by atoms with Crippen LogP contribution in [0.25, 0.3) is 0 Å². The first-order chi connectivity index (χ1) is 10.0. The highest BCUT2D eigenvalue weighted by Gasteiger charge is 2.32. The van der Waals surface area contributed by atoms with Crippen LogP contribution in [0.5, 0.6) is 0 Å². The van der Waals surface area contributed by atoms with Gasteiger partial charge in [0, 0.05) is 24.6 Å². The van der Waals surface area contributed by atoms with Crippen LogP contribution < -0.4 is 10.2 Å². The molecule has 1 saturated heterocycles. The molecule has 0 bridgehead atoms. The number of rotatable bonds is 5. The second-order valence-electron chi connectivity index (χ2n) is 5.41. The van der Waals surface area contributed by atoms with Crippen molar-refractivity contribution in [2.75, 3.05) is 11.4 Å². The maximum atomic E-state index is 13.2. The largest absolute Gasteiger partial charge is 0.351 e. The van der Waals surface area contributed by atoms with E-state index in [1.165, 1.54) is 17.0 Å². The van der Waals surface area contributed by atoms with Crippen LogP contribution in [0.4, 0.5) is 10.1 Å². The molecule has 1 aliphatic heterocycles. The molecule has 2 rings (SSSR count). The minimum Gasteiger partial charge on any atom is -0.351 e. The zero-order valence-corrected chi connectivity index (χ0v) is 12.4. The maximum Gasteiger partial charge on any atom is 0.229 e. The zero-order chi connectivity index (χ0) is 15.4. The molecule has 2 amide bonds.